The molecular formula is C7H12N4. The summed E-state index contributed by atoms with van der Waals surface area (Å²) in [5.41, 5.74) is 0. The molecule has 1 heterocycles. The van der Waals surface area contributed by atoms with Crippen LogP contribution in [0.3, 0.4) is 0 Å². The Hall–Kier alpha value is -0.900. The van der Waals surface area contributed by atoms with Gasteiger partial charge in [-0.15, -0.1) is 10.2 Å². The Morgan fingerprint density at radius 2 is 2.09 bits per heavy atom. The van der Waals surface area contributed by atoms with E-state index >= 15 is 0 Å². The van der Waals surface area contributed by atoms with Gasteiger partial charge in [0.2, 0.25) is 0 Å². The average Bonchev–Trinajstić information content (AvgIpc) is 2.66. The summed E-state index contributed by atoms with van der Waals surface area (Å²) in [4.78, 5) is 0. The second kappa shape index (κ2) is 3.00. The lowest BCUT2D eigenvalue weighted by atomic mass is 10.5. The van der Waals surface area contributed by atoms with Crippen LogP contribution in [0.15, 0.2) is 12.7 Å². The number of nitrogens with one attached hydrogen (secondary N) is 1. The molecular weight excluding hydrogens is 140 g/mol. The quantitative estimate of drug-likeness (QED) is 0.662. The maximum Gasteiger partial charge on any atom is 0.119 e. The second-order valence-electron chi connectivity index (χ2n) is 2.93. The lowest BCUT2D eigenvalue weighted by Gasteiger charge is -2.01. The largest absolute Gasteiger partial charge is 0.319 e. The molecule has 11 heavy (non-hydrogen) atoms. The SMILES string of the molecule is c1nncn1CCNC1CC1. The van der Waals surface area contributed by atoms with Crippen molar-refractivity contribution in [3.8, 4) is 0 Å². The minimum Gasteiger partial charge on any atom is -0.319 e. The van der Waals surface area contributed by atoms with Crippen LogP contribution in [-0.4, -0.2) is 27.4 Å². The zero-order valence-corrected chi connectivity index (χ0v) is 6.40. The lowest BCUT2D eigenvalue weighted by molar-refractivity contribution is 0.594. The molecule has 4 heteroatoms. The molecule has 0 aromatic carbocycles. The Morgan fingerprint density at radius 3 is 2.73 bits per heavy atom. The highest BCUT2D eigenvalue weighted by Gasteiger charge is 2.19. The van der Waals surface area contributed by atoms with Crippen LogP contribution in [0.2, 0.25) is 0 Å². The van der Waals surface area contributed by atoms with Crippen LogP contribution in [0.4, 0.5) is 0 Å². The molecule has 1 N–H and O–H groups in total. The smallest absolute Gasteiger partial charge is 0.119 e. The maximum absolute atomic E-state index is 3.72. The molecule has 0 unspecified atom stereocenters. The summed E-state index contributed by atoms with van der Waals surface area (Å²) >= 11 is 0. The van der Waals surface area contributed by atoms with Crippen molar-refractivity contribution in [2.45, 2.75) is 25.4 Å². The molecule has 0 aliphatic heterocycles. The standard InChI is InChI=1S/C7H12N4/c1-2-7(1)8-3-4-11-5-9-10-6-11/h5-8H,1-4H2. The summed E-state index contributed by atoms with van der Waals surface area (Å²) in [6.45, 7) is 2.01. The third-order valence-corrected chi connectivity index (χ3v) is 1.85. The molecule has 0 bridgehead atoms. The Balaban J connectivity index is 1.66. The average molecular weight is 152 g/mol. The third-order valence-electron chi connectivity index (χ3n) is 1.85. The highest BCUT2D eigenvalue weighted by atomic mass is 15.2. The van der Waals surface area contributed by atoms with Gasteiger partial charge in [-0.3, -0.25) is 0 Å². The van der Waals surface area contributed by atoms with E-state index in [2.05, 4.69) is 15.5 Å². The Morgan fingerprint density at radius 1 is 1.36 bits per heavy atom. The van der Waals surface area contributed by atoms with Gasteiger partial charge >= 0.3 is 0 Å². The molecule has 1 aliphatic carbocycles. The first-order valence-electron chi connectivity index (χ1n) is 4.01. The van der Waals surface area contributed by atoms with E-state index in [-0.39, 0.29) is 0 Å². The monoisotopic (exact) mass is 152 g/mol. The van der Waals surface area contributed by atoms with Gasteiger partial charge in [0.05, 0.1) is 0 Å². The Bertz CT molecular complexity index is 202. The van der Waals surface area contributed by atoms with Crippen LogP contribution < -0.4 is 5.32 Å². The predicted octanol–water partition coefficient (Wildman–Crippen LogP) is 0.0301. The summed E-state index contributed by atoms with van der Waals surface area (Å²) in [7, 11) is 0. The van der Waals surface area contributed by atoms with Gasteiger partial charge in [0.15, 0.2) is 0 Å². The molecule has 4 nitrogen and oxygen atoms in total. The molecule has 1 aromatic rings. The van der Waals surface area contributed by atoms with Gasteiger partial charge in [0.25, 0.3) is 0 Å². The summed E-state index contributed by atoms with van der Waals surface area (Å²) in [5, 5.41) is 10.9. The van der Waals surface area contributed by atoms with Crippen LogP contribution in [0.1, 0.15) is 12.8 Å². The molecule has 0 saturated heterocycles. The van der Waals surface area contributed by atoms with Crippen molar-refractivity contribution in [3.63, 3.8) is 0 Å². The number of hydrogen-bond acceptors (Lipinski definition) is 3. The van der Waals surface area contributed by atoms with E-state index in [4.69, 9.17) is 0 Å². The zero-order valence-electron chi connectivity index (χ0n) is 6.40. The van der Waals surface area contributed by atoms with E-state index in [1.165, 1.54) is 12.8 Å². The van der Waals surface area contributed by atoms with E-state index in [1.807, 2.05) is 4.57 Å². The van der Waals surface area contributed by atoms with E-state index in [1.54, 1.807) is 12.7 Å². The van der Waals surface area contributed by atoms with Gasteiger partial charge < -0.3 is 9.88 Å². The topological polar surface area (TPSA) is 42.7 Å². The lowest BCUT2D eigenvalue weighted by Crippen LogP contribution is -2.21. The van der Waals surface area contributed by atoms with Gasteiger partial charge in [0.1, 0.15) is 12.7 Å². The Labute approximate surface area is 65.6 Å². The molecule has 0 radical (unpaired) electrons. The van der Waals surface area contributed by atoms with Gasteiger partial charge in [-0.2, -0.15) is 0 Å². The van der Waals surface area contributed by atoms with Crippen molar-refractivity contribution in [3.05, 3.63) is 12.7 Å². The maximum atomic E-state index is 3.72. The van der Waals surface area contributed by atoms with Crippen molar-refractivity contribution in [2.75, 3.05) is 6.54 Å². The zero-order chi connectivity index (χ0) is 7.52. The molecule has 0 spiro atoms. The summed E-state index contributed by atoms with van der Waals surface area (Å²) in [6, 6.07) is 0.798. The fourth-order valence-corrected chi connectivity index (χ4v) is 1.02. The van der Waals surface area contributed by atoms with E-state index in [0.29, 0.717) is 0 Å². The van der Waals surface area contributed by atoms with Crippen LogP contribution in [0.25, 0.3) is 0 Å². The molecule has 2 rings (SSSR count). The van der Waals surface area contributed by atoms with Crippen molar-refractivity contribution >= 4 is 0 Å². The molecule has 0 atom stereocenters. The Kier molecular flexibility index (Phi) is 1.85. The van der Waals surface area contributed by atoms with Gasteiger partial charge in [-0.25, -0.2) is 0 Å². The van der Waals surface area contributed by atoms with E-state index in [0.717, 1.165) is 19.1 Å². The number of hydrogen-bond donors (Lipinski definition) is 1. The minimum absolute atomic E-state index is 0.798. The highest BCUT2D eigenvalue weighted by Crippen LogP contribution is 2.17. The first kappa shape index (κ1) is 6.79. The van der Waals surface area contributed by atoms with Crippen LogP contribution in [-0.2, 0) is 6.54 Å². The number of rotatable bonds is 4. The van der Waals surface area contributed by atoms with Crippen LogP contribution in [0, 0.1) is 0 Å². The number of aromatic nitrogens is 3. The third kappa shape index (κ3) is 2.01. The summed E-state index contributed by atoms with van der Waals surface area (Å²) < 4.78 is 1.98. The van der Waals surface area contributed by atoms with Gasteiger partial charge in [-0.1, -0.05) is 0 Å². The van der Waals surface area contributed by atoms with Gasteiger partial charge in [-0.05, 0) is 12.8 Å². The molecule has 0 amide bonds. The molecule has 1 fully saturated rings. The summed E-state index contributed by atoms with van der Waals surface area (Å²) in [6.07, 6.45) is 6.19. The summed E-state index contributed by atoms with van der Waals surface area (Å²) in [5.74, 6) is 0. The van der Waals surface area contributed by atoms with Crippen molar-refractivity contribution < 1.29 is 0 Å². The van der Waals surface area contributed by atoms with E-state index < -0.39 is 0 Å². The van der Waals surface area contributed by atoms with Crippen molar-refractivity contribution in [2.24, 2.45) is 0 Å². The van der Waals surface area contributed by atoms with Crippen molar-refractivity contribution in [1.82, 2.24) is 20.1 Å². The first-order valence-corrected chi connectivity index (χ1v) is 4.01. The van der Waals surface area contributed by atoms with Crippen LogP contribution in [0.5, 0.6) is 0 Å². The highest BCUT2D eigenvalue weighted by molar-refractivity contribution is 4.80. The molecule has 1 aromatic heterocycles. The first-order chi connectivity index (χ1) is 5.45. The molecule has 1 saturated carbocycles. The molecule has 1 aliphatic rings. The van der Waals surface area contributed by atoms with E-state index in [9.17, 15) is 0 Å². The predicted molar refractivity (Wildman–Crippen MR) is 41.0 cm³/mol. The minimum atomic E-state index is 0.798. The van der Waals surface area contributed by atoms with Crippen LogP contribution >= 0.6 is 0 Å². The van der Waals surface area contributed by atoms with Gasteiger partial charge in [0, 0.05) is 19.1 Å². The normalized spacial score (nSPS) is 17.1. The number of nitrogens with zero attached hydrogens (tertiary/aromatic N) is 3. The fraction of sp³-hybridized carbons (Fsp3) is 0.714. The fourth-order valence-electron chi connectivity index (χ4n) is 1.02. The second-order valence-corrected chi connectivity index (χ2v) is 2.93. The van der Waals surface area contributed by atoms with Crippen molar-refractivity contribution in [1.29, 1.82) is 0 Å². The molecule has 60 valence electrons.